The number of hydrogen-bond donors (Lipinski definition) is 3. The van der Waals surface area contributed by atoms with Crippen molar-refractivity contribution >= 4 is 5.96 Å². The van der Waals surface area contributed by atoms with Crippen molar-refractivity contribution in [2.75, 3.05) is 13.7 Å². The molecule has 0 radical (unpaired) electrons. The summed E-state index contributed by atoms with van der Waals surface area (Å²) in [6, 6.07) is 2.20. The summed E-state index contributed by atoms with van der Waals surface area (Å²) in [5.41, 5.74) is 0.985. The molecule has 0 bridgehead atoms. The Kier molecular flexibility index (Phi) is 5.42. The van der Waals surface area contributed by atoms with Gasteiger partial charge in [-0.3, -0.25) is 5.10 Å². The highest BCUT2D eigenvalue weighted by molar-refractivity contribution is 5.80. The van der Waals surface area contributed by atoms with Gasteiger partial charge in [0.15, 0.2) is 11.8 Å². The second kappa shape index (κ2) is 7.91. The number of H-pyrrole nitrogens is 1. The van der Waals surface area contributed by atoms with E-state index < -0.39 is 0 Å². The van der Waals surface area contributed by atoms with Crippen LogP contribution in [0, 0.1) is 0 Å². The Morgan fingerprint density at radius 1 is 1.54 bits per heavy atom. The fourth-order valence-electron chi connectivity index (χ4n) is 2.72. The number of nitrogens with one attached hydrogen (secondary N) is 3. The Bertz CT molecular complexity index is 663. The number of nitrogens with zero attached hydrogens (tertiary/aromatic N) is 5. The molecule has 3 rings (SSSR count). The summed E-state index contributed by atoms with van der Waals surface area (Å²) in [6.45, 7) is 4.66. The van der Waals surface area contributed by atoms with E-state index in [4.69, 9.17) is 4.74 Å². The molecule has 1 aliphatic rings. The first-order valence-electron chi connectivity index (χ1n) is 8.23. The quantitative estimate of drug-likeness (QED) is 0.516. The standard InChI is InChI=1S/C15H24N8O/c1-3-16-15(17-8-11-6-7-18-21-11)19-12-4-5-14-20-13(10-24-2)22-23(14)9-12/h6-7,12H,3-5,8-10H2,1-2H3,(H,18,21)(H2,16,17,19). The van der Waals surface area contributed by atoms with Gasteiger partial charge in [-0.2, -0.15) is 10.2 Å². The molecule has 3 N–H and O–H groups in total. The van der Waals surface area contributed by atoms with Crippen molar-refractivity contribution in [3.8, 4) is 0 Å². The summed E-state index contributed by atoms with van der Waals surface area (Å²) >= 11 is 0. The maximum absolute atomic E-state index is 5.11. The first kappa shape index (κ1) is 16.4. The minimum atomic E-state index is 0.272. The van der Waals surface area contributed by atoms with Gasteiger partial charge in [0.1, 0.15) is 12.4 Å². The summed E-state index contributed by atoms with van der Waals surface area (Å²) in [5, 5.41) is 18.1. The lowest BCUT2D eigenvalue weighted by molar-refractivity contribution is 0.177. The molecule has 0 fully saturated rings. The molecule has 3 heterocycles. The van der Waals surface area contributed by atoms with Crippen LogP contribution in [-0.4, -0.2) is 50.6 Å². The summed E-state index contributed by atoms with van der Waals surface area (Å²) < 4.78 is 7.07. The highest BCUT2D eigenvalue weighted by Crippen LogP contribution is 2.13. The number of aromatic amines is 1. The summed E-state index contributed by atoms with van der Waals surface area (Å²) in [6.07, 6.45) is 3.63. The number of aliphatic imine (C=N–C) groups is 1. The zero-order valence-electron chi connectivity index (χ0n) is 14.1. The first-order chi connectivity index (χ1) is 11.8. The number of aryl methyl sites for hydroxylation is 1. The molecule has 130 valence electrons. The van der Waals surface area contributed by atoms with Gasteiger partial charge in [-0.1, -0.05) is 0 Å². The first-order valence-corrected chi connectivity index (χ1v) is 8.23. The maximum atomic E-state index is 5.11. The molecule has 0 aliphatic carbocycles. The molecule has 1 atom stereocenters. The molecule has 24 heavy (non-hydrogen) atoms. The van der Waals surface area contributed by atoms with E-state index in [1.54, 1.807) is 13.3 Å². The predicted molar refractivity (Wildman–Crippen MR) is 89.4 cm³/mol. The van der Waals surface area contributed by atoms with Gasteiger partial charge in [-0.05, 0) is 19.4 Å². The van der Waals surface area contributed by atoms with E-state index in [0.29, 0.717) is 13.2 Å². The van der Waals surface area contributed by atoms with Gasteiger partial charge in [0.2, 0.25) is 0 Å². The lowest BCUT2D eigenvalue weighted by Crippen LogP contribution is -2.47. The van der Waals surface area contributed by atoms with E-state index in [2.05, 4.69) is 42.8 Å². The molecule has 0 amide bonds. The summed E-state index contributed by atoms with van der Waals surface area (Å²) in [7, 11) is 1.66. The van der Waals surface area contributed by atoms with Gasteiger partial charge in [0.05, 0.1) is 18.8 Å². The molecule has 9 heteroatoms. The molecular formula is C15H24N8O. The van der Waals surface area contributed by atoms with Gasteiger partial charge in [-0.25, -0.2) is 14.7 Å². The van der Waals surface area contributed by atoms with Crippen LogP contribution in [-0.2, 0) is 30.9 Å². The predicted octanol–water partition coefficient (Wildman–Crippen LogP) is 0.218. The summed E-state index contributed by atoms with van der Waals surface area (Å²) in [5.74, 6) is 2.57. The molecule has 0 saturated carbocycles. The number of guanidine groups is 1. The van der Waals surface area contributed by atoms with Gasteiger partial charge in [0.25, 0.3) is 0 Å². The van der Waals surface area contributed by atoms with Crippen LogP contribution in [0.1, 0.15) is 30.7 Å². The van der Waals surface area contributed by atoms with Crippen LogP contribution in [0.25, 0.3) is 0 Å². The van der Waals surface area contributed by atoms with Crippen molar-refractivity contribution in [3.63, 3.8) is 0 Å². The smallest absolute Gasteiger partial charge is 0.191 e. The van der Waals surface area contributed by atoms with Crippen molar-refractivity contribution in [1.29, 1.82) is 0 Å². The fourth-order valence-corrected chi connectivity index (χ4v) is 2.72. The van der Waals surface area contributed by atoms with Crippen molar-refractivity contribution in [1.82, 2.24) is 35.6 Å². The lowest BCUT2D eigenvalue weighted by atomic mass is 10.1. The molecule has 0 saturated heterocycles. The van der Waals surface area contributed by atoms with Crippen LogP contribution in [0.2, 0.25) is 0 Å². The Morgan fingerprint density at radius 3 is 3.21 bits per heavy atom. The van der Waals surface area contributed by atoms with Crippen molar-refractivity contribution < 1.29 is 4.74 Å². The van der Waals surface area contributed by atoms with Crippen molar-refractivity contribution in [2.45, 2.75) is 45.5 Å². The van der Waals surface area contributed by atoms with Crippen molar-refractivity contribution in [3.05, 3.63) is 29.6 Å². The molecule has 2 aromatic rings. The molecule has 9 nitrogen and oxygen atoms in total. The average molecular weight is 332 g/mol. The normalized spacial score (nSPS) is 17.6. The number of aromatic nitrogens is 5. The van der Waals surface area contributed by atoms with Crippen molar-refractivity contribution in [2.24, 2.45) is 4.99 Å². The van der Waals surface area contributed by atoms with E-state index in [9.17, 15) is 0 Å². The number of ether oxygens (including phenoxy) is 1. The molecule has 0 spiro atoms. The van der Waals surface area contributed by atoms with Gasteiger partial charge < -0.3 is 15.4 Å². The van der Waals surface area contributed by atoms with Crippen LogP contribution in [0.3, 0.4) is 0 Å². The lowest BCUT2D eigenvalue weighted by Gasteiger charge is -2.25. The fraction of sp³-hybridized carbons (Fsp3) is 0.600. The third-order valence-corrected chi connectivity index (χ3v) is 3.83. The second-order valence-electron chi connectivity index (χ2n) is 5.72. The number of methoxy groups -OCH3 is 1. The molecule has 1 unspecified atom stereocenters. The van der Waals surface area contributed by atoms with Gasteiger partial charge >= 0.3 is 0 Å². The topological polar surface area (TPSA) is 105 Å². The average Bonchev–Trinajstić information content (AvgIpc) is 3.21. The summed E-state index contributed by atoms with van der Waals surface area (Å²) in [4.78, 5) is 9.10. The van der Waals surface area contributed by atoms with Crippen LogP contribution < -0.4 is 10.6 Å². The molecular weight excluding hydrogens is 308 g/mol. The Morgan fingerprint density at radius 2 is 2.46 bits per heavy atom. The van der Waals surface area contributed by atoms with Crippen LogP contribution in [0.4, 0.5) is 0 Å². The second-order valence-corrected chi connectivity index (χ2v) is 5.72. The van der Waals surface area contributed by atoms with Crippen LogP contribution >= 0.6 is 0 Å². The molecule has 0 aromatic carbocycles. The third kappa shape index (κ3) is 4.10. The van der Waals surface area contributed by atoms with Crippen LogP contribution in [0.5, 0.6) is 0 Å². The van der Waals surface area contributed by atoms with Gasteiger partial charge in [-0.15, -0.1) is 0 Å². The SMILES string of the molecule is CCNC(=NCc1ccn[nH]1)NC1CCc2nc(COC)nn2C1. The minimum Gasteiger partial charge on any atom is -0.377 e. The maximum Gasteiger partial charge on any atom is 0.191 e. The zero-order valence-corrected chi connectivity index (χ0v) is 14.1. The number of rotatable bonds is 6. The monoisotopic (exact) mass is 332 g/mol. The third-order valence-electron chi connectivity index (χ3n) is 3.83. The van der Waals surface area contributed by atoms with E-state index >= 15 is 0 Å². The van der Waals surface area contributed by atoms with Crippen LogP contribution in [0.15, 0.2) is 17.3 Å². The largest absolute Gasteiger partial charge is 0.377 e. The zero-order chi connectivity index (χ0) is 16.8. The van der Waals surface area contributed by atoms with E-state index in [-0.39, 0.29) is 6.04 Å². The van der Waals surface area contributed by atoms with E-state index in [1.807, 2.05) is 10.7 Å². The number of fused-ring (bicyclic) bond motifs is 1. The molecule has 1 aliphatic heterocycles. The van der Waals surface area contributed by atoms with Gasteiger partial charge in [0, 0.05) is 32.3 Å². The Hall–Kier alpha value is -2.42. The highest BCUT2D eigenvalue weighted by Gasteiger charge is 2.22. The Balaban J connectivity index is 1.61. The minimum absolute atomic E-state index is 0.272. The van der Waals surface area contributed by atoms with E-state index in [1.165, 1.54) is 0 Å². The highest BCUT2D eigenvalue weighted by atomic mass is 16.5. The Labute approximate surface area is 140 Å². The van der Waals surface area contributed by atoms with E-state index in [0.717, 1.165) is 49.2 Å². The molecule has 2 aromatic heterocycles. The number of hydrogen-bond acceptors (Lipinski definition) is 5.